The number of nitrogens with one attached hydrogen (secondary N) is 1. The van der Waals surface area contributed by atoms with Gasteiger partial charge in [0.05, 0.1) is 11.0 Å². The Morgan fingerprint density at radius 1 is 1.13 bits per heavy atom. The van der Waals surface area contributed by atoms with E-state index in [9.17, 15) is 0 Å². The first kappa shape index (κ1) is 20.0. The number of fused-ring (bicyclic) bond motifs is 1. The highest BCUT2D eigenvalue weighted by Gasteiger charge is 2.38. The first-order valence-electron chi connectivity index (χ1n) is 10.6. The normalized spacial score (nSPS) is 16.4. The average molecular weight is 401 g/mol. The molecule has 6 nitrogen and oxygen atoms in total. The summed E-state index contributed by atoms with van der Waals surface area (Å²) in [4.78, 5) is 11.5. The predicted molar refractivity (Wildman–Crippen MR) is 120 cm³/mol. The molecule has 0 atom stereocenters. The molecule has 2 heterocycles. The Morgan fingerprint density at radius 3 is 2.53 bits per heavy atom. The van der Waals surface area contributed by atoms with E-state index >= 15 is 0 Å². The highest BCUT2D eigenvalue weighted by molar-refractivity contribution is 5.81. The predicted octanol–water partition coefficient (Wildman–Crippen LogP) is 3.83. The molecule has 1 aromatic heterocycles. The lowest BCUT2D eigenvalue weighted by atomic mass is 9.72. The van der Waals surface area contributed by atoms with Crippen LogP contribution < -0.4 is 5.32 Å². The number of aliphatic imine (C=N–C) groups is 1. The highest BCUT2D eigenvalue weighted by atomic mass is 15.3. The number of nitrogens with zero attached hydrogens (tertiary/aromatic N) is 5. The van der Waals surface area contributed by atoms with Crippen LogP contribution in [0.25, 0.3) is 11.0 Å². The number of benzene rings is 2. The van der Waals surface area contributed by atoms with Crippen molar-refractivity contribution in [1.29, 1.82) is 5.26 Å². The first-order valence-corrected chi connectivity index (χ1v) is 10.6. The standard InChI is InChI=1S/C24H28N6/c1-3-26-23(27-18-25)29-15-13-24(14-16-29,20-9-5-4-6-10-20)17-30-19(2)28-21-11-7-8-12-22(21)30/h4-12H,3,13-17H2,1-2H3,(H,26,27). The zero-order valence-corrected chi connectivity index (χ0v) is 17.7. The number of piperidine rings is 1. The second-order valence-corrected chi connectivity index (χ2v) is 7.90. The number of imidazole rings is 1. The minimum absolute atomic E-state index is 0.00988. The maximum atomic E-state index is 9.10. The van der Waals surface area contributed by atoms with E-state index in [4.69, 9.17) is 10.2 Å². The zero-order chi connectivity index (χ0) is 21.0. The molecule has 3 aromatic rings. The van der Waals surface area contributed by atoms with Crippen LogP contribution in [0.15, 0.2) is 59.6 Å². The largest absolute Gasteiger partial charge is 0.342 e. The van der Waals surface area contributed by atoms with Crippen molar-refractivity contribution in [2.45, 2.75) is 38.6 Å². The van der Waals surface area contributed by atoms with E-state index in [1.54, 1.807) is 0 Å². The highest BCUT2D eigenvalue weighted by Crippen LogP contribution is 2.38. The van der Waals surface area contributed by atoms with Crippen LogP contribution >= 0.6 is 0 Å². The van der Waals surface area contributed by atoms with Crippen LogP contribution in [0.5, 0.6) is 0 Å². The van der Waals surface area contributed by atoms with Crippen molar-refractivity contribution >= 4 is 17.0 Å². The maximum Gasteiger partial charge on any atom is 0.207 e. The molecule has 0 spiro atoms. The van der Waals surface area contributed by atoms with Crippen LogP contribution in [0.4, 0.5) is 0 Å². The van der Waals surface area contributed by atoms with Crippen LogP contribution in [-0.4, -0.2) is 40.0 Å². The molecule has 1 N–H and O–H groups in total. The Hall–Kier alpha value is -3.33. The van der Waals surface area contributed by atoms with Gasteiger partial charge in [0.15, 0.2) is 6.19 Å². The van der Waals surface area contributed by atoms with Gasteiger partial charge < -0.3 is 9.47 Å². The fourth-order valence-corrected chi connectivity index (χ4v) is 4.59. The van der Waals surface area contributed by atoms with Gasteiger partial charge in [-0.25, -0.2) is 4.98 Å². The van der Waals surface area contributed by atoms with Crippen molar-refractivity contribution in [2.75, 3.05) is 19.6 Å². The molecule has 1 fully saturated rings. The molecule has 154 valence electrons. The quantitative estimate of drug-likeness (QED) is 0.313. The number of aromatic nitrogens is 2. The van der Waals surface area contributed by atoms with E-state index in [0.717, 1.165) is 43.8 Å². The van der Waals surface area contributed by atoms with Gasteiger partial charge in [-0.15, -0.1) is 0 Å². The van der Waals surface area contributed by atoms with Gasteiger partial charge in [-0.1, -0.05) is 42.5 Å². The molecule has 4 rings (SSSR count). The smallest absolute Gasteiger partial charge is 0.207 e. The molecular formula is C24H28N6. The zero-order valence-electron chi connectivity index (χ0n) is 17.7. The average Bonchev–Trinajstić information content (AvgIpc) is 3.10. The van der Waals surface area contributed by atoms with Crippen LogP contribution in [0.2, 0.25) is 0 Å². The van der Waals surface area contributed by atoms with Crippen LogP contribution in [0.1, 0.15) is 31.2 Å². The number of hydrogen-bond donors (Lipinski definition) is 1. The first-order chi connectivity index (χ1) is 14.7. The Morgan fingerprint density at radius 2 is 1.83 bits per heavy atom. The second-order valence-electron chi connectivity index (χ2n) is 7.90. The summed E-state index contributed by atoms with van der Waals surface area (Å²) in [5, 5.41) is 11.9. The van der Waals surface area contributed by atoms with Crippen molar-refractivity contribution in [3.05, 3.63) is 66.0 Å². The van der Waals surface area contributed by atoms with E-state index in [2.05, 4.69) is 75.2 Å². The third-order valence-electron chi connectivity index (χ3n) is 6.19. The van der Waals surface area contributed by atoms with Crippen LogP contribution in [0, 0.1) is 18.4 Å². The van der Waals surface area contributed by atoms with Gasteiger partial charge in [-0.2, -0.15) is 5.26 Å². The Kier molecular flexibility index (Phi) is 5.71. The van der Waals surface area contributed by atoms with Crippen molar-refractivity contribution in [2.24, 2.45) is 4.99 Å². The molecule has 2 aromatic carbocycles. The van der Waals surface area contributed by atoms with E-state index < -0.39 is 0 Å². The third-order valence-corrected chi connectivity index (χ3v) is 6.19. The summed E-state index contributed by atoms with van der Waals surface area (Å²) >= 11 is 0. The van der Waals surface area contributed by atoms with Crippen molar-refractivity contribution in [1.82, 2.24) is 19.8 Å². The summed E-state index contributed by atoms with van der Waals surface area (Å²) < 4.78 is 2.37. The van der Waals surface area contributed by atoms with Crippen molar-refractivity contribution in [3.63, 3.8) is 0 Å². The Labute approximate surface area is 177 Å². The molecule has 1 aliphatic heterocycles. The Balaban J connectivity index is 1.68. The molecule has 0 saturated carbocycles. The lowest BCUT2D eigenvalue weighted by Crippen LogP contribution is -2.50. The van der Waals surface area contributed by atoms with Crippen LogP contribution in [0.3, 0.4) is 0 Å². The number of guanidine groups is 1. The van der Waals surface area contributed by atoms with Gasteiger partial charge in [-0.3, -0.25) is 10.3 Å². The lowest BCUT2D eigenvalue weighted by molar-refractivity contribution is 0.199. The minimum Gasteiger partial charge on any atom is -0.342 e. The van der Waals surface area contributed by atoms with Gasteiger partial charge in [0.2, 0.25) is 5.96 Å². The van der Waals surface area contributed by atoms with E-state index in [1.807, 2.05) is 19.2 Å². The summed E-state index contributed by atoms with van der Waals surface area (Å²) in [6.07, 6.45) is 4.00. The summed E-state index contributed by atoms with van der Waals surface area (Å²) in [6.45, 7) is 7.34. The molecule has 1 aliphatic rings. The molecule has 6 heteroatoms. The fraction of sp³-hybridized carbons (Fsp3) is 0.375. The SMILES string of the molecule is CCN=C(NC#N)N1CCC(Cn2c(C)nc3ccccc32)(c2ccccc2)CC1. The summed E-state index contributed by atoms with van der Waals surface area (Å²) in [5.41, 5.74) is 3.61. The number of hydrogen-bond acceptors (Lipinski definition) is 3. The van der Waals surface area contributed by atoms with Crippen molar-refractivity contribution in [3.8, 4) is 6.19 Å². The molecular weight excluding hydrogens is 372 g/mol. The molecule has 1 saturated heterocycles. The van der Waals surface area contributed by atoms with Gasteiger partial charge >= 0.3 is 0 Å². The molecule has 0 bridgehead atoms. The Bertz CT molecular complexity index is 1070. The van der Waals surface area contributed by atoms with Gasteiger partial charge in [0.1, 0.15) is 5.82 Å². The number of likely N-dealkylation sites (tertiary alicyclic amines) is 1. The fourth-order valence-electron chi connectivity index (χ4n) is 4.59. The van der Waals surface area contributed by atoms with Gasteiger partial charge in [0.25, 0.3) is 0 Å². The summed E-state index contributed by atoms with van der Waals surface area (Å²) in [7, 11) is 0. The summed E-state index contributed by atoms with van der Waals surface area (Å²) in [6, 6.07) is 19.2. The molecule has 30 heavy (non-hydrogen) atoms. The molecule has 0 radical (unpaired) electrons. The number of nitriles is 1. The topological polar surface area (TPSA) is 69.2 Å². The molecule has 0 aliphatic carbocycles. The van der Waals surface area contributed by atoms with Gasteiger partial charge in [0, 0.05) is 31.6 Å². The van der Waals surface area contributed by atoms with Gasteiger partial charge in [-0.05, 0) is 44.4 Å². The van der Waals surface area contributed by atoms with E-state index in [1.165, 1.54) is 11.1 Å². The molecule has 0 amide bonds. The molecule has 0 unspecified atom stereocenters. The van der Waals surface area contributed by atoms with E-state index in [-0.39, 0.29) is 5.41 Å². The lowest BCUT2D eigenvalue weighted by Gasteiger charge is -2.43. The van der Waals surface area contributed by atoms with Crippen molar-refractivity contribution < 1.29 is 0 Å². The number of rotatable bonds is 4. The minimum atomic E-state index is 0.00988. The maximum absolute atomic E-state index is 9.10. The number of para-hydroxylation sites is 2. The summed E-state index contributed by atoms with van der Waals surface area (Å²) in [5.74, 6) is 1.74. The second kappa shape index (κ2) is 8.58. The van der Waals surface area contributed by atoms with E-state index in [0.29, 0.717) is 12.5 Å². The number of aryl methyl sites for hydroxylation is 1. The van der Waals surface area contributed by atoms with Crippen LogP contribution in [-0.2, 0) is 12.0 Å². The monoisotopic (exact) mass is 400 g/mol. The third kappa shape index (κ3) is 3.76.